The zero-order valence-corrected chi connectivity index (χ0v) is 5.95. The van der Waals surface area contributed by atoms with Crippen LogP contribution in [-0.2, 0) is 14.3 Å². The molecule has 0 radical (unpaired) electrons. The Morgan fingerprint density at radius 3 is 3.00 bits per heavy atom. The molecule has 0 aromatic rings. The van der Waals surface area contributed by atoms with Gasteiger partial charge in [-0.2, -0.15) is 0 Å². The third-order valence-electron chi connectivity index (χ3n) is 1.41. The summed E-state index contributed by atoms with van der Waals surface area (Å²) >= 11 is 0. The summed E-state index contributed by atoms with van der Waals surface area (Å²) in [6.07, 6.45) is 0. The number of rotatable bonds is 2. The Kier molecular flexibility index (Phi) is 2.43. The van der Waals surface area contributed by atoms with Crippen LogP contribution in [0.5, 0.6) is 0 Å². The lowest BCUT2D eigenvalue weighted by Gasteiger charge is -2.24. The molecule has 1 fully saturated rings. The molecule has 0 unspecified atom stereocenters. The maximum atomic E-state index is 10.9. The normalized spacial score (nSPS) is 18.5. The van der Waals surface area contributed by atoms with Gasteiger partial charge in [-0.25, -0.2) is 0 Å². The van der Waals surface area contributed by atoms with Gasteiger partial charge in [0.1, 0.15) is 13.2 Å². The van der Waals surface area contributed by atoms with Crippen LogP contribution >= 0.6 is 0 Å². The molecule has 1 amide bonds. The van der Waals surface area contributed by atoms with E-state index in [1.165, 1.54) is 4.90 Å². The van der Waals surface area contributed by atoms with Gasteiger partial charge in [-0.05, 0) is 0 Å². The van der Waals surface area contributed by atoms with Crippen LogP contribution in [0.25, 0.3) is 0 Å². The molecule has 1 N–H and O–H groups in total. The fourth-order valence-electron chi connectivity index (χ4n) is 0.881. The third kappa shape index (κ3) is 2.19. The van der Waals surface area contributed by atoms with Gasteiger partial charge in [0.05, 0.1) is 6.61 Å². The molecule has 5 heteroatoms. The van der Waals surface area contributed by atoms with Crippen molar-refractivity contribution in [2.24, 2.45) is 0 Å². The topological polar surface area (TPSA) is 66.8 Å². The molecule has 0 spiro atoms. The lowest BCUT2D eigenvalue weighted by atomic mass is 10.4. The molecule has 11 heavy (non-hydrogen) atoms. The lowest BCUT2D eigenvalue weighted by Crippen LogP contribution is -2.44. The van der Waals surface area contributed by atoms with Crippen molar-refractivity contribution < 1.29 is 19.4 Å². The van der Waals surface area contributed by atoms with Crippen LogP contribution in [0.1, 0.15) is 0 Å². The highest BCUT2D eigenvalue weighted by Gasteiger charge is 2.20. The van der Waals surface area contributed by atoms with E-state index >= 15 is 0 Å². The van der Waals surface area contributed by atoms with Crippen LogP contribution in [0.3, 0.4) is 0 Å². The summed E-state index contributed by atoms with van der Waals surface area (Å²) in [6.45, 7) is 0.597. The first kappa shape index (κ1) is 8.00. The standard InChI is InChI=1S/C6H9NO4/c8-5-4-11-2-1-7(5)3-6(9)10/h1-4H2,(H,9,10). The number of aliphatic carboxylic acids is 1. The molecule has 1 saturated heterocycles. The zero-order chi connectivity index (χ0) is 8.27. The molecule has 5 nitrogen and oxygen atoms in total. The Balaban J connectivity index is 2.42. The second kappa shape index (κ2) is 3.34. The molecular formula is C6H9NO4. The van der Waals surface area contributed by atoms with E-state index in [2.05, 4.69) is 0 Å². The maximum absolute atomic E-state index is 10.9. The van der Waals surface area contributed by atoms with E-state index in [4.69, 9.17) is 9.84 Å². The largest absolute Gasteiger partial charge is 0.480 e. The number of carboxylic acids is 1. The number of amides is 1. The summed E-state index contributed by atoms with van der Waals surface area (Å²) in [5.41, 5.74) is 0. The first-order valence-corrected chi connectivity index (χ1v) is 3.27. The second-order valence-corrected chi connectivity index (χ2v) is 2.26. The number of carbonyl (C=O) groups is 2. The fraction of sp³-hybridized carbons (Fsp3) is 0.667. The summed E-state index contributed by atoms with van der Waals surface area (Å²) in [7, 11) is 0. The zero-order valence-electron chi connectivity index (χ0n) is 5.95. The van der Waals surface area contributed by atoms with Gasteiger partial charge in [0.2, 0.25) is 5.91 Å². The highest BCUT2D eigenvalue weighted by atomic mass is 16.5. The van der Waals surface area contributed by atoms with Gasteiger partial charge in [0.15, 0.2) is 0 Å². The van der Waals surface area contributed by atoms with E-state index in [1.54, 1.807) is 0 Å². The molecule has 1 heterocycles. The van der Waals surface area contributed by atoms with Crippen molar-refractivity contribution >= 4 is 11.9 Å². The molecule has 0 aromatic carbocycles. The van der Waals surface area contributed by atoms with E-state index in [-0.39, 0.29) is 19.1 Å². The Labute approximate surface area is 63.5 Å². The van der Waals surface area contributed by atoms with Crippen LogP contribution in [0, 0.1) is 0 Å². The quantitative estimate of drug-likeness (QED) is 0.557. The Hall–Kier alpha value is -1.10. The van der Waals surface area contributed by atoms with Gasteiger partial charge >= 0.3 is 5.97 Å². The minimum atomic E-state index is -0.986. The average Bonchev–Trinajstić information content (AvgIpc) is 1.93. The SMILES string of the molecule is O=C(O)CN1CCOCC1=O. The molecular weight excluding hydrogens is 150 g/mol. The van der Waals surface area contributed by atoms with Gasteiger partial charge in [-0.1, -0.05) is 0 Å². The van der Waals surface area contributed by atoms with E-state index in [1.807, 2.05) is 0 Å². The molecule has 0 bridgehead atoms. The van der Waals surface area contributed by atoms with Gasteiger partial charge in [-0.15, -0.1) is 0 Å². The van der Waals surface area contributed by atoms with Gasteiger partial charge < -0.3 is 14.7 Å². The number of hydrogen-bond donors (Lipinski definition) is 1. The van der Waals surface area contributed by atoms with E-state index in [0.717, 1.165) is 0 Å². The first-order chi connectivity index (χ1) is 5.20. The number of carbonyl (C=O) groups excluding carboxylic acids is 1. The van der Waals surface area contributed by atoms with Gasteiger partial charge in [0, 0.05) is 6.54 Å². The van der Waals surface area contributed by atoms with Gasteiger partial charge in [0.25, 0.3) is 0 Å². The molecule has 0 aliphatic carbocycles. The Bertz CT molecular complexity index is 179. The molecule has 1 rings (SSSR count). The summed E-state index contributed by atoms with van der Waals surface area (Å²) in [5, 5.41) is 8.35. The fourth-order valence-corrected chi connectivity index (χ4v) is 0.881. The minimum absolute atomic E-state index is 0.00722. The lowest BCUT2D eigenvalue weighted by molar-refractivity contribution is -0.151. The second-order valence-electron chi connectivity index (χ2n) is 2.26. The summed E-state index contributed by atoms with van der Waals surface area (Å²) in [6, 6.07) is 0. The van der Waals surface area contributed by atoms with E-state index < -0.39 is 5.97 Å². The van der Waals surface area contributed by atoms with Crippen molar-refractivity contribution in [3.05, 3.63) is 0 Å². The van der Waals surface area contributed by atoms with Crippen LogP contribution in [-0.4, -0.2) is 48.2 Å². The predicted molar refractivity (Wildman–Crippen MR) is 35.0 cm³/mol. The highest BCUT2D eigenvalue weighted by molar-refractivity contribution is 5.82. The van der Waals surface area contributed by atoms with Gasteiger partial charge in [-0.3, -0.25) is 9.59 Å². The molecule has 1 aliphatic rings. The number of hydrogen-bond acceptors (Lipinski definition) is 3. The molecule has 62 valence electrons. The van der Waals surface area contributed by atoms with Crippen LogP contribution in [0.2, 0.25) is 0 Å². The number of nitrogens with zero attached hydrogens (tertiary/aromatic N) is 1. The molecule has 0 saturated carbocycles. The Morgan fingerprint density at radius 2 is 2.45 bits per heavy atom. The van der Waals surface area contributed by atoms with Crippen LogP contribution < -0.4 is 0 Å². The van der Waals surface area contributed by atoms with Crippen LogP contribution in [0.4, 0.5) is 0 Å². The number of morpholine rings is 1. The molecule has 0 atom stereocenters. The van der Waals surface area contributed by atoms with Crippen molar-refractivity contribution in [3.63, 3.8) is 0 Å². The maximum Gasteiger partial charge on any atom is 0.323 e. The van der Waals surface area contributed by atoms with Crippen LogP contribution in [0.15, 0.2) is 0 Å². The summed E-state index contributed by atoms with van der Waals surface area (Å²) < 4.78 is 4.81. The van der Waals surface area contributed by atoms with Crippen molar-refractivity contribution in [1.29, 1.82) is 0 Å². The van der Waals surface area contributed by atoms with E-state index in [9.17, 15) is 9.59 Å². The molecule has 1 aliphatic heterocycles. The first-order valence-electron chi connectivity index (χ1n) is 3.27. The highest BCUT2D eigenvalue weighted by Crippen LogP contribution is 1.97. The van der Waals surface area contributed by atoms with Crippen molar-refractivity contribution in [3.8, 4) is 0 Å². The van der Waals surface area contributed by atoms with Crippen molar-refractivity contribution in [2.75, 3.05) is 26.3 Å². The molecule has 0 aromatic heterocycles. The van der Waals surface area contributed by atoms with Crippen molar-refractivity contribution in [1.82, 2.24) is 4.90 Å². The summed E-state index contributed by atoms with van der Waals surface area (Å²) in [4.78, 5) is 22.3. The van der Waals surface area contributed by atoms with E-state index in [0.29, 0.717) is 13.2 Å². The average molecular weight is 159 g/mol. The Morgan fingerprint density at radius 1 is 1.73 bits per heavy atom. The number of ether oxygens (including phenoxy) is 1. The third-order valence-corrected chi connectivity index (χ3v) is 1.41. The minimum Gasteiger partial charge on any atom is -0.480 e. The smallest absolute Gasteiger partial charge is 0.323 e. The monoisotopic (exact) mass is 159 g/mol. The number of carboxylic acid groups (broad SMARTS) is 1. The summed E-state index contributed by atoms with van der Waals surface area (Å²) in [5.74, 6) is -1.24. The van der Waals surface area contributed by atoms with Crippen molar-refractivity contribution in [2.45, 2.75) is 0 Å². The predicted octanol–water partition coefficient (Wildman–Crippen LogP) is -1.07.